The summed E-state index contributed by atoms with van der Waals surface area (Å²) in [5, 5.41) is 6.68. The molecule has 0 saturated heterocycles. The molecule has 3 nitrogen and oxygen atoms in total. The molecule has 2 aliphatic rings. The summed E-state index contributed by atoms with van der Waals surface area (Å²) in [6, 6.07) is 8.81. The van der Waals surface area contributed by atoms with E-state index < -0.39 is 0 Å². The first-order chi connectivity index (χ1) is 10.2. The van der Waals surface area contributed by atoms with Gasteiger partial charge in [-0.25, -0.2) is 0 Å². The van der Waals surface area contributed by atoms with E-state index in [0.717, 1.165) is 25.7 Å². The smallest absolute Gasteiger partial charge is 0.222 e. The number of carbonyl (C=O) groups excluding carboxylic acids is 1. The van der Waals surface area contributed by atoms with E-state index in [0.29, 0.717) is 6.42 Å². The largest absolute Gasteiger partial charge is 0.353 e. The topological polar surface area (TPSA) is 41.1 Å². The van der Waals surface area contributed by atoms with E-state index >= 15 is 0 Å². The number of fused-ring (bicyclic) bond motifs is 1. The van der Waals surface area contributed by atoms with Crippen LogP contribution in [0.15, 0.2) is 24.3 Å². The predicted molar refractivity (Wildman–Crippen MR) is 85.3 cm³/mol. The van der Waals surface area contributed by atoms with Gasteiger partial charge in [0.2, 0.25) is 5.91 Å². The van der Waals surface area contributed by atoms with Crippen molar-refractivity contribution in [1.29, 1.82) is 0 Å². The van der Waals surface area contributed by atoms with Gasteiger partial charge < -0.3 is 10.6 Å². The van der Waals surface area contributed by atoms with E-state index in [1.807, 2.05) is 7.05 Å². The van der Waals surface area contributed by atoms with Crippen molar-refractivity contribution in [2.75, 3.05) is 7.05 Å². The molecule has 0 aromatic heterocycles. The molecule has 1 fully saturated rings. The fourth-order valence-electron chi connectivity index (χ4n) is 3.99. The van der Waals surface area contributed by atoms with Crippen molar-refractivity contribution in [2.24, 2.45) is 0 Å². The van der Waals surface area contributed by atoms with Gasteiger partial charge >= 0.3 is 0 Å². The Balaban J connectivity index is 1.55. The number of hydrogen-bond donors (Lipinski definition) is 2. The summed E-state index contributed by atoms with van der Waals surface area (Å²) in [7, 11) is 2.00. The van der Waals surface area contributed by atoms with Crippen LogP contribution in [0.1, 0.15) is 49.7 Å². The number of amides is 1. The Labute approximate surface area is 127 Å². The highest BCUT2D eigenvalue weighted by Crippen LogP contribution is 2.31. The Morgan fingerprint density at radius 2 is 1.76 bits per heavy atom. The summed E-state index contributed by atoms with van der Waals surface area (Å²) in [6.07, 6.45) is 8.62. The molecule has 0 unspecified atom stereocenters. The van der Waals surface area contributed by atoms with Crippen LogP contribution in [0.5, 0.6) is 0 Å². The zero-order valence-corrected chi connectivity index (χ0v) is 13.0. The molecular formula is C18H26N2O. The third-order valence-corrected chi connectivity index (χ3v) is 5.26. The highest BCUT2D eigenvalue weighted by molar-refractivity contribution is 5.77. The molecule has 0 bridgehead atoms. The third kappa shape index (κ3) is 3.29. The van der Waals surface area contributed by atoms with E-state index in [4.69, 9.17) is 0 Å². The summed E-state index contributed by atoms with van der Waals surface area (Å²) < 4.78 is 0. The molecular weight excluding hydrogens is 260 g/mol. The van der Waals surface area contributed by atoms with E-state index in [9.17, 15) is 4.79 Å². The van der Waals surface area contributed by atoms with Crippen molar-refractivity contribution in [2.45, 2.75) is 62.9 Å². The van der Waals surface area contributed by atoms with Crippen molar-refractivity contribution in [3.63, 3.8) is 0 Å². The fraction of sp³-hybridized carbons (Fsp3) is 0.611. The minimum absolute atomic E-state index is 0.0355. The Morgan fingerprint density at radius 3 is 2.33 bits per heavy atom. The van der Waals surface area contributed by atoms with Gasteiger partial charge in [-0.05, 0) is 43.9 Å². The number of benzene rings is 1. The molecule has 1 aromatic rings. The van der Waals surface area contributed by atoms with Gasteiger partial charge in [0.25, 0.3) is 0 Å². The maximum Gasteiger partial charge on any atom is 0.222 e. The van der Waals surface area contributed by atoms with Gasteiger partial charge in [-0.2, -0.15) is 0 Å². The summed E-state index contributed by atoms with van der Waals surface area (Å²) in [5.41, 5.74) is 2.82. The van der Waals surface area contributed by atoms with Gasteiger partial charge in [0.05, 0.1) is 0 Å². The monoisotopic (exact) mass is 286 g/mol. The molecule has 0 atom stereocenters. The average Bonchev–Trinajstić information content (AvgIpc) is 2.90. The van der Waals surface area contributed by atoms with Crippen LogP contribution >= 0.6 is 0 Å². The Hall–Kier alpha value is -1.35. The zero-order chi connectivity index (χ0) is 14.7. The third-order valence-electron chi connectivity index (χ3n) is 5.26. The summed E-state index contributed by atoms with van der Waals surface area (Å²) in [4.78, 5) is 12.4. The molecule has 0 heterocycles. The van der Waals surface area contributed by atoms with Crippen molar-refractivity contribution in [3.8, 4) is 0 Å². The minimum Gasteiger partial charge on any atom is -0.353 e. The second-order valence-corrected chi connectivity index (χ2v) is 6.71. The van der Waals surface area contributed by atoms with Crippen molar-refractivity contribution in [1.82, 2.24) is 10.6 Å². The van der Waals surface area contributed by atoms with Crippen molar-refractivity contribution >= 4 is 5.91 Å². The number of rotatable bonds is 4. The first-order valence-electron chi connectivity index (χ1n) is 8.26. The Kier molecular flexibility index (Phi) is 4.29. The van der Waals surface area contributed by atoms with Gasteiger partial charge in [-0.3, -0.25) is 4.79 Å². The first kappa shape index (κ1) is 14.6. The molecule has 0 spiro atoms. The van der Waals surface area contributed by atoms with Crippen LogP contribution < -0.4 is 10.6 Å². The number of nitrogens with one attached hydrogen (secondary N) is 2. The molecule has 114 valence electrons. The molecule has 21 heavy (non-hydrogen) atoms. The van der Waals surface area contributed by atoms with E-state index in [1.54, 1.807) is 0 Å². The SMILES string of the molecule is CNC1(CC(=O)NC2Cc3ccccc3C2)CCCCC1. The van der Waals surface area contributed by atoms with Crippen LogP contribution in [0.4, 0.5) is 0 Å². The van der Waals surface area contributed by atoms with Crippen LogP contribution in [-0.2, 0) is 17.6 Å². The lowest BCUT2D eigenvalue weighted by Crippen LogP contribution is -2.49. The molecule has 0 radical (unpaired) electrons. The van der Waals surface area contributed by atoms with Gasteiger partial charge in [-0.15, -0.1) is 0 Å². The second-order valence-electron chi connectivity index (χ2n) is 6.71. The lowest BCUT2D eigenvalue weighted by atomic mass is 9.79. The summed E-state index contributed by atoms with van der Waals surface area (Å²) in [5.74, 6) is 0.212. The summed E-state index contributed by atoms with van der Waals surface area (Å²) >= 11 is 0. The minimum atomic E-state index is 0.0355. The van der Waals surface area contributed by atoms with Crippen molar-refractivity contribution < 1.29 is 4.79 Å². The normalized spacial score (nSPS) is 21.0. The molecule has 1 amide bonds. The van der Waals surface area contributed by atoms with Crippen LogP contribution in [0, 0.1) is 0 Å². The Morgan fingerprint density at radius 1 is 1.14 bits per heavy atom. The van der Waals surface area contributed by atoms with Gasteiger partial charge in [0, 0.05) is 18.0 Å². The molecule has 3 rings (SSSR count). The van der Waals surface area contributed by atoms with Gasteiger partial charge in [-0.1, -0.05) is 43.5 Å². The van der Waals surface area contributed by atoms with Crippen LogP contribution in [0.3, 0.4) is 0 Å². The van der Waals surface area contributed by atoms with Gasteiger partial charge in [0.1, 0.15) is 0 Å². The highest BCUT2D eigenvalue weighted by atomic mass is 16.1. The molecule has 0 aliphatic heterocycles. The predicted octanol–water partition coefficient (Wildman–Crippen LogP) is 2.58. The quantitative estimate of drug-likeness (QED) is 0.893. The second kappa shape index (κ2) is 6.18. The molecule has 1 saturated carbocycles. The zero-order valence-electron chi connectivity index (χ0n) is 13.0. The fourth-order valence-corrected chi connectivity index (χ4v) is 3.99. The van der Waals surface area contributed by atoms with E-state index in [1.165, 1.54) is 30.4 Å². The molecule has 2 aliphatic carbocycles. The van der Waals surface area contributed by atoms with Gasteiger partial charge in [0.15, 0.2) is 0 Å². The highest BCUT2D eigenvalue weighted by Gasteiger charge is 2.33. The summed E-state index contributed by atoms with van der Waals surface area (Å²) in [6.45, 7) is 0. The van der Waals surface area contributed by atoms with Crippen molar-refractivity contribution in [3.05, 3.63) is 35.4 Å². The standard InChI is InChI=1S/C18H26N2O/c1-19-18(9-5-2-6-10-18)13-17(21)20-16-11-14-7-3-4-8-15(14)12-16/h3-4,7-8,16,19H,2,5-6,9-13H2,1H3,(H,20,21). The Bertz CT molecular complexity index is 481. The van der Waals surface area contributed by atoms with Crippen LogP contribution in [0.2, 0.25) is 0 Å². The van der Waals surface area contributed by atoms with E-state index in [2.05, 4.69) is 34.9 Å². The maximum absolute atomic E-state index is 12.4. The molecule has 3 heteroatoms. The molecule has 2 N–H and O–H groups in total. The number of carbonyl (C=O) groups is 1. The van der Waals surface area contributed by atoms with E-state index in [-0.39, 0.29) is 17.5 Å². The lowest BCUT2D eigenvalue weighted by molar-refractivity contribution is -0.123. The maximum atomic E-state index is 12.4. The average molecular weight is 286 g/mol. The number of hydrogen-bond acceptors (Lipinski definition) is 2. The van der Waals surface area contributed by atoms with Crippen LogP contribution in [-0.4, -0.2) is 24.5 Å². The van der Waals surface area contributed by atoms with Crippen LogP contribution in [0.25, 0.3) is 0 Å². The molecule has 1 aromatic carbocycles. The lowest BCUT2D eigenvalue weighted by Gasteiger charge is -2.37. The first-order valence-corrected chi connectivity index (χ1v) is 8.26.